The lowest BCUT2D eigenvalue weighted by Crippen LogP contribution is -1.94. The molecule has 0 bridgehead atoms. The minimum Gasteiger partial charge on any atom is -0.494 e. The number of fused-ring (bicyclic) bond motifs is 1. The van der Waals surface area contributed by atoms with Crippen molar-refractivity contribution in [2.24, 2.45) is 4.99 Å². The summed E-state index contributed by atoms with van der Waals surface area (Å²) in [6.45, 7) is 5.30. The average molecular weight is 319 g/mol. The fourth-order valence-corrected chi connectivity index (χ4v) is 2.63. The van der Waals surface area contributed by atoms with Crippen molar-refractivity contribution in [1.82, 2.24) is 0 Å². The highest BCUT2D eigenvalue weighted by Crippen LogP contribution is 2.28. The molecule has 0 aliphatic carbocycles. The van der Waals surface area contributed by atoms with Crippen molar-refractivity contribution in [1.29, 1.82) is 0 Å². The van der Waals surface area contributed by atoms with Crippen LogP contribution in [0.5, 0.6) is 11.5 Å². The van der Waals surface area contributed by atoms with Crippen LogP contribution >= 0.6 is 0 Å². The molecule has 3 aromatic carbocycles. The zero-order valence-electron chi connectivity index (χ0n) is 14.0. The third-order valence-electron chi connectivity index (χ3n) is 3.72. The smallest absolute Gasteiger partial charge is 0.127 e. The van der Waals surface area contributed by atoms with Crippen LogP contribution in [-0.4, -0.2) is 19.4 Å². The third-order valence-corrected chi connectivity index (χ3v) is 3.72. The molecular formula is C21H21NO2. The quantitative estimate of drug-likeness (QED) is 0.570. The predicted octanol–water partition coefficient (Wildman–Crippen LogP) is 5.39. The van der Waals surface area contributed by atoms with Gasteiger partial charge in [-0.2, -0.15) is 0 Å². The van der Waals surface area contributed by atoms with Crippen LogP contribution in [0.15, 0.2) is 65.7 Å². The Kier molecular flexibility index (Phi) is 5.12. The van der Waals surface area contributed by atoms with Gasteiger partial charge in [-0.3, -0.25) is 4.99 Å². The van der Waals surface area contributed by atoms with Crippen molar-refractivity contribution in [3.05, 3.63) is 66.2 Å². The summed E-state index contributed by atoms with van der Waals surface area (Å²) in [5.41, 5.74) is 1.97. The first-order valence-corrected chi connectivity index (χ1v) is 8.23. The van der Waals surface area contributed by atoms with Crippen LogP contribution < -0.4 is 9.47 Å². The van der Waals surface area contributed by atoms with Gasteiger partial charge in [-0.1, -0.05) is 24.3 Å². The molecule has 0 aromatic heterocycles. The topological polar surface area (TPSA) is 30.8 Å². The van der Waals surface area contributed by atoms with E-state index in [0.717, 1.165) is 33.5 Å². The van der Waals surface area contributed by atoms with Crippen molar-refractivity contribution in [2.75, 3.05) is 13.2 Å². The minimum absolute atomic E-state index is 0.656. The molecule has 0 N–H and O–H groups in total. The molecule has 0 heterocycles. The van der Waals surface area contributed by atoms with Crippen LogP contribution in [-0.2, 0) is 0 Å². The van der Waals surface area contributed by atoms with E-state index in [4.69, 9.17) is 9.47 Å². The van der Waals surface area contributed by atoms with Crippen molar-refractivity contribution >= 4 is 22.7 Å². The fourth-order valence-electron chi connectivity index (χ4n) is 2.63. The van der Waals surface area contributed by atoms with Gasteiger partial charge in [0.15, 0.2) is 0 Å². The summed E-state index contributed by atoms with van der Waals surface area (Å²) in [6, 6.07) is 20.1. The Morgan fingerprint density at radius 1 is 0.792 bits per heavy atom. The van der Waals surface area contributed by atoms with E-state index in [1.165, 1.54) is 0 Å². The maximum atomic E-state index is 5.71. The summed E-state index contributed by atoms with van der Waals surface area (Å²) in [5.74, 6) is 1.77. The number of aliphatic imine (C=N–C) groups is 1. The van der Waals surface area contributed by atoms with Gasteiger partial charge in [-0.05, 0) is 55.6 Å². The second-order valence-electron chi connectivity index (χ2n) is 5.32. The molecule has 122 valence electrons. The Hall–Kier alpha value is -2.81. The average Bonchev–Trinajstić information content (AvgIpc) is 2.63. The highest BCUT2D eigenvalue weighted by atomic mass is 16.5. The molecule has 0 saturated carbocycles. The summed E-state index contributed by atoms with van der Waals surface area (Å²) in [6.07, 6.45) is 1.90. The maximum Gasteiger partial charge on any atom is 0.127 e. The second kappa shape index (κ2) is 7.64. The first kappa shape index (κ1) is 16.1. The molecule has 3 heteroatoms. The normalized spacial score (nSPS) is 11.1. The van der Waals surface area contributed by atoms with Crippen LogP contribution in [0.3, 0.4) is 0 Å². The summed E-state index contributed by atoms with van der Waals surface area (Å²) in [4.78, 5) is 4.58. The van der Waals surface area contributed by atoms with E-state index in [1.807, 2.05) is 68.6 Å². The monoisotopic (exact) mass is 319 g/mol. The zero-order valence-corrected chi connectivity index (χ0v) is 14.0. The van der Waals surface area contributed by atoms with E-state index in [1.54, 1.807) is 0 Å². The van der Waals surface area contributed by atoms with Gasteiger partial charge >= 0.3 is 0 Å². The largest absolute Gasteiger partial charge is 0.494 e. The maximum absolute atomic E-state index is 5.71. The Morgan fingerprint density at radius 3 is 2.21 bits per heavy atom. The molecule has 3 nitrogen and oxygen atoms in total. The van der Waals surface area contributed by atoms with Crippen LogP contribution in [0.25, 0.3) is 10.8 Å². The van der Waals surface area contributed by atoms with Gasteiger partial charge in [0.25, 0.3) is 0 Å². The molecule has 0 fully saturated rings. The van der Waals surface area contributed by atoms with E-state index < -0.39 is 0 Å². The lowest BCUT2D eigenvalue weighted by molar-refractivity contribution is 0.340. The number of nitrogens with zero attached hydrogens (tertiary/aromatic N) is 1. The zero-order chi connectivity index (χ0) is 16.8. The van der Waals surface area contributed by atoms with E-state index in [-0.39, 0.29) is 0 Å². The number of benzene rings is 3. The predicted molar refractivity (Wildman–Crippen MR) is 100.0 cm³/mol. The van der Waals surface area contributed by atoms with Gasteiger partial charge in [-0.25, -0.2) is 0 Å². The molecule has 0 radical (unpaired) electrons. The highest BCUT2D eigenvalue weighted by molar-refractivity contribution is 6.02. The van der Waals surface area contributed by atoms with Crippen LogP contribution in [0.2, 0.25) is 0 Å². The second-order valence-corrected chi connectivity index (χ2v) is 5.32. The van der Waals surface area contributed by atoms with Gasteiger partial charge in [0.2, 0.25) is 0 Å². The first-order chi connectivity index (χ1) is 11.8. The van der Waals surface area contributed by atoms with Gasteiger partial charge < -0.3 is 9.47 Å². The summed E-state index contributed by atoms with van der Waals surface area (Å²) in [5, 5.41) is 2.24. The standard InChI is InChI=1S/C21H21NO2/c1-3-23-18-12-10-17(11-13-18)22-15-16-9-14-21(24-4-2)20-8-6-5-7-19(16)20/h5-15H,3-4H2,1-2H3. The van der Waals surface area contributed by atoms with Crippen LogP contribution in [0, 0.1) is 0 Å². The van der Waals surface area contributed by atoms with Crippen molar-refractivity contribution in [3.8, 4) is 11.5 Å². The number of rotatable bonds is 6. The van der Waals surface area contributed by atoms with Crippen molar-refractivity contribution in [3.63, 3.8) is 0 Å². The highest BCUT2D eigenvalue weighted by Gasteiger charge is 2.05. The van der Waals surface area contributed by atoms with E-state index >= 15 is 0 Å². The molecule has 0 atom stereocenters. The number of hydrogen-bond donors (Lipinski definition) is 0. The summed E-state index contributed by atoms with van der Waals surface area (Å²) in [7, 11) is 0. The van der Waals surface area contributed by atoms with Gasteiger partial charge in [0.05, 0.1) is 18.9 Å². The first-order valence-electron chi connectivity index (χ1n) is 8.23. The molecule has 24 heavy (non-hydrogen) atoms. The Labute approximate surface area is 142 Å². The molecular weight excluding hydrogens is 298 g/mol. The molecule has 0 aliphatic rings. The van der Waals surface area contributed by atoms with Gasteiger partial charge in [0, 0.05) is 17.2 Å². The SMILES string of the molecule is CCOc1ccc(N=Cc2ccc(OCC)c3ccccc23)cc1. The molecule has 0 unspecified atom stereocenters. The van der Waals surface area contributed by atoms with Crippen LogP contribution in [0.4, 0.5) is 5.69 Å². The Morgan fingerprint density at radius 2 is 1.50 bits per heavy atom. The summed E-state index contributed by atoms with van der Waals surface area (Å²) < 4.78 is 11.2. The van der Waals surface area contributed by atoms with E-state index in [2.05, 4.69) is 17.1 Å². The fraction of sp³-hybridized carbons (Fsp3) is 0.190. The number of hydrogen-bond acceptors (Lipinski definition) is 3. The van der Waals surface area contributed by atoms with Gasteiger partial charge in [-0.15, -0.1) is 0 Å². The minimum atomic E-state index is 0.656. The molecule has 0 saturated heterocycles. The lowest BCUT2D eigenvalue weighted by atomic mass is 10.0. The molecule has 3 rings (SSSR count). The lowest BCUT2D eigenvalue weighted by Gasteiger charge is -2.09. The van der Waals surface area contributed by atoms with Crippen molar-refractivity contribution < 1.29 is 9.47 Å². The molecule has 0 spiro atoms. The molecule has 0 amide bonds. The van der Waals surface area contributed by atoms with Crippen LogP contribution in [0.1, 0.15) is 19.4 Å². The number of ether oxygens (including phenoxy) is 2. The Bertz CT molecular complexity index is 838. The summed E-state index contributed by atoms with van der Waals surface area (Å²) >= 11 is 0. The molecule has 3 aromatic rings. The van der Waals surface area contributed by atoms with E-state index in [9.17, 15) is 0 Å². The van der Waals surface area contributed by atoms with Gasteiger partial charge in [0.1, 0.15) is 11.5 Å². The van der Waals surface area contributed by atoms with E-state index in [0.29, 0.717) is 13.2 Å². The van der Waals surface area contributed by atoms with Crippen molar-refractivity contribution in [2.45, 2.75) is 13.8 Å². The molecule has 0 aliphatic heterocycles. The Balaban J connectivity index is 1.91. The third kappa shape index (κ3) is 3.57.